The average molecular weight is 337 g/mol. The molecule has 0 aliphatic heterocycles. The fraction of sp³-hybridized carbons (Fsp3) is 0.222. The topological polar surface area (TPSA) is 84.1 Å². The van der Waals surface area contributed by atoms with Gasteiger partial charge in [0.05, 0.1) is 6.10 Å². The summed E-state index contributed by atoms with van der Waals surface area (Å²) in [4.78, 5) is 18.4. The van der Waals surface area contributed by atoms with E-state index in [0.29, 0.717) is 24.3 Å². The Bertz CT molecular complexity index is 821. The highest BCUT2D eigenvalue weighted by Crippen LogP contribution is 2.17. The number of aliphatic hydroxyl groups is 1. The fourth-order valence-corrected chi connectivity index (χ4v) is 2.49. The zero-order chi connectivity index (χ0) is 17.6. The first kappa shape index (κ1) is 16.8. The molecule has 0 fully saturated rings. The van der Waals surface area contributed by atoms with Crippen molar-refractivity contribution in [2.24, 2.45) is 0 Å². The summed E-state index contributed by atoms with van der Waals surface area (Å²) in [5.74, 6) is 0.450. The Morgan fingerprint density at radius 3 is 2.64 bits per heavy atom. The summed E-state index contributed by atoms with van der Waals surface area (Å²) in [6.07, 6.45) is 4.50. The fourth-order valence-electron chi connectivity index (χ4n) is 2.49. The van der Waals surface area contributed by atoms with Crippen LogP contribution in [0.4, 0.5) is 0 Å². The van der Waals surface area contributed by atoms with E-state index in [1.807, 2.05) is 30.3 Å². The molecule has 0 bridgehead atoms. The standard InChI is InChI=1S/C18H19N5O2/c1-22(10-8-16(24)14-5-3-2-4-6-14)18(25)15-7-9-19-17(11-15)23-12-20-21-13-23/h2-7,9,11-13,16,24H,8,10H2,1H3. The molecule has 0 saturated carbocycles. The molecule has 128 valence electrons. The van der Waals surface area contributed by atoms with Crippen molar-refractivity contribution >= 4 is 5.91 Å². The molecule has 1 atom stereocenters. The van der Waals surface area contributed by atoms with Crippen LogP contribution < -0.4 is 0 Å². The average Bonchev–Trinajstić information content (AvgIpc) is 3.21. The molecule has 7 nitrogen and oxygen atoms in total. The van der Waals surface area contributed by atoms with E-state index < -0.39 is 6.10 Å². The van der Waals surface area contributed by atoms with E-state index in [0.717, 1.165) is 5.56 Å². The minimum atomic E-state index is -0.596. The molecule has 0 aliphatic carbocycles. The van der Waals surface area contributed by atoms with Crippen molar-refractivity contribution in [3.8, 4) is 5.82 Å². The van der Waals surface area contributed by atoms with Gasteiger partial charge in [-0.15, -0.1) is 10.2 Å². The Balaban J connectivity index is 1.63. The number of carbonyl (C=O) groups excluding carboxylic acids is 1. The molecule has 1 N–H and O–H groups in total. The summed E-state index contributed by atoms with van der Waals surface area (Å²) in [6, 6.07) is 12.8. The van der Waals surface area contributed by atoms with Gasteiger partial charge in [-0.3, -0.25) is 9.36 Å². The summed E-state index contributed by atoms with van der Waals surface area (Å²) < 4.78 is 1.63. The number of carbonyl (C=O) groups is 1. The van der Waals surface area contributed by atoms with Gasteiger partial charge in [-0.25, -0.2) is 4.98 Å². The van der Waals surface area contributed by atoms with E-state index in [-0.39, 0.29) is 5.91 Å². The quantitative estimate of drug-likeness (QED) is 0.742. The lowest BCUT2D eigenvalue weighted by Gasteiger charge is -2.19. The number of pyridine rings is 1. The maximum Gasteiger partial charge on any atom is 0.253 e. The van der Waals surface area contributed by atoms with Crippen LogP contribution in [0, 0.1) is 0 Å². The van der Waals surface area contributed by atoms with Crippen LogP contribution in [0.2, 0.25) is 0 Å². The first-order chi connectivity index (χ1) is 12.1. The second-order valence-electron chi connectivity index (χ2n) is 5.71. The third-order valence-electron chi connectivity index (χ3n) is 3.94. The van der Waals surface area contributed by atoms with Crippen molar-refractivity contribution in [3.05, 3.63) is 72.4 Å². The van der Waals surface area contributed by atoms with Gasteiger partial charge >= 0.3 is 0 Å². The normalized spacial score (nSPS) is 11.9. The lowest BCUT2D eigenvalue weighted by atomic mass is 10.1. The van der Waals surface area contributed by atoms with Crippen LogP contribution in [-0.2, 0) is 0 Å². The number of nitrogens with zero attached hydrogens (tertiary/aromatic N) is 5. The molecule has 7 heteroatoms. The van der Waals surface area contributed by atoms with E-state index >= 15 is 0 Å². The Morgan fingerprint density at radius 2 is 1.92 bits per heavy atom. The van der Waals surface area contributed by atoms with Crippen LogP contribution in [0.5, 0.6) is 0 Å². The first-order valence-corrected chi connectivity index (χ1v) is 7.94. The van der Waals surface area contributed by atoms with Crippen molar-refractivity contribution in [2.75, 3.05) is 13.6 Å². The zero-order valence-electron chi connectivity index (χ0n) is 13.9. The lowest BCUT2D eigenvalue weighted by molar-refractivity contribution is 0.0761. The largest absolute Gasteiger partial charge is 0.388 e. The summed E-state index contributed by atoms with van der Waals surface area (Å²) in [7, 11) is 1.72. The predicted octanol–water partition coefficient (Wildman–Crippen LogP) is 1.86. The maximum atomic E-state index is 12.6. The van der Waals surface area contributed by atoms with Crippen molar-refractivity contribution in [1.29, 1.82) is 0 Å². The number of aliphatic hydroxyl groups excluding tert-OH is 1. The second kappa shape index (κ2) is 7.67. The van der Waals surface area contributed by atoms with Gasteiger partial charge in [0.1, 0.15) is 18.5 Å². The monoisotopic (exact) mass is 337 g/mol. The summed E-state index contributed by atoms with van der Waals surface area (Å²) in [6.45, 7) is 0.444. The maximum absolute atomic E-state index is 12.6. The molecule has 3 aromatic rings. The van der Waals surface area contributed by atoms with Crippen molar-refractivity contribution in [1.82, 2.24) is 24.6 Å². The molecular formula is C18H19N5O2. The zero-order valence-corrected chi connectivity index (χ0v) is 13.9. The Hall–Kier alpha value is -3.06. The van der Waals surface area contributed by atoms with Gasteiger partial charge in [0.25, 0.3) is 5.91 Å². The smallest absolute Gasteiger partial charge is 0.253 e. The summed E-state index contributed by atoms with van der Waals surface area (Å²) >= 11 is 0. The van der Waals surface area contributed by atoms with Crippen molar-refractivity contribution in [3.63, 3.8) is 0 Å². The third kappa shape index (κ3) is 4.07. The molecule has 1 unspecified atom stereocenters. The van der Waals surface area contributed by atoms with Crippen LogP contribution in [0.15, 0.2) is 61.3 Å². The Morgan fingerprint density at radius 1 is 1.20 bits per heavy atom. The molecule has 2 aromatic heterocycles. The van der Waals surface area contributed by atoms with Crippen LogP contribution in [0.3, 0.4) is 0 Å². The van der Waals surface area contributed by atoms with Gasteiger partial charge in [-0.05, 0) is 24.1 Å². The van der Waals surface area contributed by atoms with E-state index in [4.69, 9.17) is 0 Å². The van der Waals surface area contributed by atoms with Crippen molar-refractivity contribution in [2.45, 2.75) is 12.5 Å². The predicted molar refractivity (Wildman–Crippen MR) is 92.1 cm³/mol. The molecule has 0 radical (unpaired) electrons. The van der Waals surface area contributed by atoms with Gasteiger partial charge in [-0.2, -0.15) is 0 Å². The molecule has 0 aliphatic rings. The van der Waals surface area contributed by atoms with Crippen LogP contribution in [0.25, 0.3) is 5.82 Å². The number of benzene rings is 1. The highest BCUT2D eigenvalue weighted by molar-refractivity contribution is 5.94. The lowest BCUT2D eigenvalue weighted by Crippen LogP contribution is -2.28. The van der Waals surface area contributed by atoms with Gasteiger partial charge in [0, 0.05) is 25.4 Å². The van der Waals surface area contributed by atoms with Crippen LogP contribution in [-0.4, -0.2) is 49.3 Å². The SMILES string of the molecule is CN(CCC(O)c1ccccc1)C(=O)c1ccnc(-n2cnnc2)c1. The minimum absolute atomic E-state index is 0.128. The van der Waals surface area contributed by atoms with E-state index in [2.05, 4.69) is 15.2 Å². The van der Waals surface area contributed by atoms with Gasteiger partial charge in [0.2, 0.25) is 0 Å². The molecule has 3 rings (SSSR count). The first-order valence-electron chi connectivity index (χ1n) is 7.94. The van der Waals surface area contributed by atoms with Gasteiger partial charge < -0.3 is 10.0 Å². The van der Waals surface area contributed by atoms with Crippen LogP contribution in [0.1, 0.15) is 28.4 Å². The number of hydrogen-bond acceptors (Lipinski definition) is 5. The number of amides is 1. The van der Waals surface area contributed by atoms with Gasteiger partial charge in [0.15, 0.2) is 0 Å². The highest BCUT2D eigenvalue weighted by atomic mass is 16.3. The van der Waals surface area contributed by atoms with E-state index in [9.17, 15) is 9.90 Å². The molecule has 1 aromatic carbocycles. The number of hydrogen-bond donors (Lipinski definition) is 1. The van der Waals surface area contributed by atoms with E-state index in [1.165, 1.54) is 12.7 Å². The van der Waals surface area contributed by atoms with E-state index in [1.54, 1.807) is 34.8 Å². The molecule has 2 heterocycles. The van der Waals surface area contributed by atoms with Crippen molar-refractivity contribution < 1.29 is 9.90 Å². The minimum Gasteiger partial charge on any atom is -0.388 e. The Kier molecular flexibility index (Phi) is 5.15. The summed E-state index contributed by atoms with van der Waals surface area (Å²) in [5, 5.41) is 17.7. The highest BCUT2D eigenvalue weighted by Gasteiger charge is 2.15. The molecule has 1 amide bonds. The second-order valence-corrected chi connectivity index (χ2v) is 5.71. The molecule has 25 heavy (non-hydrogen) atoms. The Labute approximate surface area is 145 Å². The van der Waals surface area contributed by atoms with Crippen LogP contribution >= 0.6 is 0 Å². The summed E-state index contributed by atoms with van der Waals surface area (Å²) in [5.41, 5.74) is 1.37. The van der Waals surface area contributed by atoms with Gasteiger partial charge in [-0.1, -0.05) is 30.3 Å². The number of rotatable bonds is 6. The third-order valence-corrected chi connectivity index (χ3v) is 3.94. The number of aromatic nitrogens is 4. The molecule has 0 spiro atoms. The molecular weight excluding hydrogens is 318 g/mol. The molecule has 0 saturated heterocycles.